The molecule has 1 atom stereocenters. The van der Waals surface area contributed by atoms with Crippen LogP contribution in [0.5, 0.6) is 5.75 Å². The third-order valence-electron chi connectivity index (χ3n) is 2.31. The Morgan fingerprint density at radius 1 is 1.17 bits per heavy atom. The zero-order valence-electron chi connectivity index (χ0n) is 10.2. The van der Waals surface area contributed by atoms with E-state index in [1.165, 1.54) is 12.1 Å². The number of rotatable bonds is 6. The van der Waals surface area contributed by atoms with Gasteiger partial charge >= 0.3 is 0 Å². The normalized spacial score (nSPS) is 12.2. The molecule has 0 aliphatic rings. The highest BCUT2D eigenvalue weighted by Crippen LogP contribution is 2.22. The number of aliphatic carboxylic acids is 2. The van der Waals surface area contributed by atoms with E-state index in [1.54, 1.807) is 12.1 Å². The smallest absolute Gasteiger partial charge is 0.119 e. The Bertz CT molecular complexity index is 422. The third kappa shape index (κ3) is 4.08. The van der Waals surface area contributed by atoms with E-state index in [0.717, 1.165) is 0 Å². The van der Waals surface area contributed by atoms with Gasteiger partial charge in [-0.25, -0.2) is 0 Å². The fraction of sp³-hybridized carbons (Fsp3) is 0.385. The molecule has 0 saturated heterocycles. The van der Waals surface area contributed by atoms with Gasteiger partial charge in [-0.3, -0.25) is 0 Å². The molecule has 0 spiro atoms. The van der Waals surface area contributed by atoms with Gasteiger partial charge < -0.3 is 24.5 Å². The summed E-state index contributed by atoms with van der Waals surface area (Å²) in [5, 5.41) is 21.3. The van der Waals surface area contributed by atoms with Crippen LogP contribution in [0.2, 0.25) is 0 Å². The Morgan fingerprint density at radius 2 is 1.72 bits per heavy atom. The topological polar surface area (TPSA) is 89.5 Å². The molecular formula is C13H14O5-2. The molecule has 1 aromatic carbocycles. The van der Waals surface area contributed by atoms with Crippen LogP contribution in [-0.2, 0) is 9.59 Å². The summed E-state index contributed by atoms with van der Waals surface area (Å²) in [6, 6.07) is 6.23. The number of carbonyl (C=O) groups is 2. The lowest BCUT2D eigenvalue weighted by atomic mass is 9.96. The van der Waals surface area contributed by atoms with Gasteiger partial charge in [0.1, 0.15) is 5.75 Å². The van der Waals surface area contributed by atoms with Gasteiger partial charge in [0, 0.05) is 17.9 Å². The number of hydrogen-bond acceptors (Lipinski definition) is 5. The van der Waals surface area contributed by atoms with Crippen LogP contribution in [0.15, 0.2) is 24.3 Å². The first-order valence-corrected chi connectivity index (χ1v) is 5.57. The molecule has 0 saturated carbocycles. The van der Waals surface area contributed by atoms with Gasteiger partial charge in [-0.05, 0) is 38.0 Å². The maximum absolute atomic E-state index is 10.9. The lowest BCUT2D eigenvalue weighted by Crippen LogP contribution is -2.34. The molecule has 5 nitrogen and oxygen atoms in total. The number of hydrogen-bond donors (Lipinski definition) is 0. The van der Waals surface area contributed by atoms with Crippen LogP contribution in [0.3, 0.4) is 0 Å². The molecule has 18 heavy (non-hydrogen) atoms. The van der Waals surface area contributed by atoms with Crippen LogP contribution < -0.4 is 14.9 Å². The van der Waals surface area contributed by atoms with Crippen LogP contribution in [0.25, 0.3) is 0 Å². The Kier molecular flexibility index (Phi) is 4.71. The third-order valence-corrected chi connectivity index (χ3v) is 2.31. The Labute approximate surface area is 105 Å². The number of benzene rings is 1. The lowest BCUT2D eigenvalue weighted by Gasteiger charge is -2.19. The first-order chi connectivity index (χ1) is 8.40. The molecular weight excluding hydrogens is 236 g/mol. The van der Waals surface area contributed by atoms with Gasteiger partial charge in [0.15, 0.2) is 0 Å². The van der Waals surface area contributed by atoms with Gasteiger partial charge in [0.25, 0.3) is 0 Å². The SMILES string of the molecule is CC(C)Oc1ccc([C@@H](CC(=O)[O-])C(=O)[O-])cc1. The molecule has 0 bridgehead atoms. The van der Waals surface area contributed by atoms with Crippen molar-refractivity contribution >= 4 is 11.9 Å². The first-order valence-electron chi connectivity index (χ1n) is 5.57. The number of carboxylic acids is 2. The molecule has 0 heterocycles. The lowest BCUT2D eigenvalue weighted by molar-refractivity contribution is -0.317. The largest absolute Gasteiger partial charge is 0.550 e. The summed E-state index contributed by atoms with van der Waals surface area (Å²) in [5.74, 6) is -3.47. The number of carbonyl (C=O) groups excluding carboxylic acids is 2. The predicted molar refractivity (Wildman–Crippen MR) is 59.6 cm³/mol. The molecule has 5 heteroatoms. The second-order valence-corrected chi connectivity index (χ2v) is 4.18. The molecule has 0 unspecified atom stereocenters. The van der Waals surface area contributed by atoms with Crippen molar-refractivity contribution in [3.05, 3.63) is 29.8 Å². The average Bonchev–Trinajstić information content (AvgIpc) is 2.26. The molecule has 0 radical (unpaired) electrons. The summed E-state index contributed by atoms with van der Waals surface area (Å²) in [5.41, 5.74) is 0.357. The summed E-state index contributed by atoms with van der Waals surface area (Å²) in [4.78, 5) is 21.3. The fourth-order valence-electron chi connectivity index (χ4n) is 1.55. The molecule has 0 N–H and O–H groups in total. The van der Waals surface area contributed by atoms with Crippen LogP contribution >= 0.6 is 0 Å². The van der Waals surface area contributed by atoms with Crippen molar-refractivity contribution in [1.29, 1.82) is 0 Å². The quantitative estimate of drug-likeness (QED) is 0.675. The van der Waals surface area contributed by atoms with Crippen molar-refractivity contribution in [2.75, 3.05) is 0 Å². The predicted octanol–water partition coefficient (Wildman–Crippen LogP) is -0.553. The van der Waals surface area contributed by atoms with Gasteiger partial charge in [-0.1, -0.05) is 12.1 Å². The van der Waals surface area contributed by atoms with E-state index in [4.69, 9.17) is 4.74 Å². The fourth-order valence-corrected chi connectivity index (χ4v) is 1.55. The van der Waals surface area contributed by atoms with Crippen LogP contribution in [0.1, 0.15) is 31.7 Å². The minimum atomic E-state index is -1.43. The molecule has 1 rings (SSSR count). The highest BCUT2D eigenvalue weighted by molar-refractivity contribution is 5.80. The van der Waals surface area contributed by atoms with Gasteiger partial charge in [0.05, 0.1) is 6.10 Å². The van der Waals surface area contributed by atoms with Crippen molar-refractivity contribution < 1.29 is 24.5 Å². The van der Waals surface area contributed by atoms with E-state index in [1.807, 2.05) is 13.8 Å². The van der Waals surface area contributed by atoms with Gasteiger partial charge in [-0.15, -0.1) is 0 Å². The van der Waals surface area contributed by atoms with E-state index >= 15 is 0 Å². The molecule has 0 aliphatic carbocycles. The maximum Gasteiger partial charge on any atom is 0.119 e. The van der Waals surface area contributed by atoms with Crippen LogP contribution in [0, 0.1) is 0 Å². The molecule has 1 aromatic rings. The Morgan fingerprint density at radius 3 is 2.11 bits per heavy atom. The minimum absolute atomic E-state index is 0.0102. The molecule has 0 aromatic heterocycles. The van der Waals surface area contributed by atoms with Gasteiger partial charge in [-0.2, -0.15) is 0 Å². The van der Waals surface area contributed by atoms with E-state index in [2.05, 4.69) is 0 Å². The van der Waals surface area contributed by atoms with Crippen molar-refractivity contribution in [2.45, 2.75) is 32.3 Å². The van der Waals surface area contributed by atoms with E-state index < -0.39 is 24.3 Å². The van der Waals surface area contributed by atoms with Crippen molar-refractivity contribution in [3.63, 3.8) is 0 Å². The molecule has 98 valence electrons. The summed E-state index contributed by atoms with van der Waals surface area (Å²) in [6.45, 7) is 3.74. The molecule has 0 aliphatic heterocycles. The minimum Gasteiger partial charge on any atom is -0.550 e. The van der Waals surface area contributed by atoms with Crippen LogP contribution in [0.4, 0.5) is 0 Å². The van der Waals surface area contributed by atoms with Crippen LogP contribution in [-0.4, -0.2) is 18.0 Å². The number of ether oxygens (including phenoxy) is 1. The second kappa shape index (κ2) is 6.05. The summed E-state index contributed by atoms with van der Waals surface area (Å²) < 4.78 is 5.40. The van der Waals surface area contributed by atoms with Crippen molar-refractivity contribution in [2.24, 2.45) is 0 Å². The van der Waals surface area contributed by atoms with E-state index in [-0.39, 0.29) is 6.10 Å². The summed E-state index contributed by atoms with van der Waals surface area (Å²) in [6.07, 6.45) is -0.594. The van der Waals surface area contributed by atoms with E-state index in [0.29, 0.717) is 11.3 Å². The first kappa shape index (κ1) is 14.0. The average molecular weight is 250 g/mol. The summed E-state index contributed by atoms with van der Waals surface area (Å²) >= 11 is 0. The van der Waals surface area contributed by atoms with Crippen molar-refractivity contribution in [3.8, 4) is 5.75 Å². The van der Waals surface area contributed by atoms with Crippen molar-refractivity contribution in [1.82, 2.24) is 0 Å². The highest BCUT2D eigenvalue weighted by atomic mass is 16.5. The number of carboxylic acid groups (broad SMARTS) is 2. The standard InChI is InChI=1S/C13H16O5/c1-8(2)18-10-5-3-9(4-6-10)11(13(16)17)7-12(14)15/h3-6,8,11H,7H2,1-2H3,(H,14,15)(H,16,17)/p-2/t11-/m1/s1. The zero-order valence-corrected chi connectivity index (χ0v) is 10.2. The maximum atomic E-state index is 10.9. The van der Waals surface area contributed by atoms with Gasteiger partial charge in [0.2, 0.25) is 0 Å². The Hall–Kier alpha value is -2.04. The van der Waals surface area contributed by atoms with E-state index in [9.17, 15) is 19.8 Å². The summed E-state index contributed by atoms with van der Waals surface area (Å²) in [7, 11) is 0. The molecule has 0 amide bonds. The zero-order chi connectivity index (χ0) is 13.7. The highest BCUT2D eigenvalue weighted by Gasteiger charge is 2.13. The monoisotopic (exact) mass is 250 g/mol. The second-order valence-electron chi connectivity index (χ2n) is 4.18. The Balaban J connectivity index is 2.86. The molecule has 0 fully saturated rings.